The Morgan fingerprint density at radius 2 is 1.74 bits per heavy atom. The van der Waals surface area contributed by atoms with Gasteiger partial charge < -0.3 is 4.90 Å². The third kappa shape index (κ3) is 4.45. The molecule has 0 bridgehead atoms. The Labute approximate surface area is 160 Å². The van der Waals surface area contributed by atoms with Crippen LogP contribution in [0.2, 0.25) is 0 Å². The van der Waals surface area contributed by atoms with Crippen LogP contribution in [-0.2, 0) is 6.42 Å². The smallest absolute Gasteiger partial charge is 0.167 e. The van der Waals surface area contributed by atoms with Gasteiger partial charge >= 0.3 is 0 Å². The Kier molecular flexibility index (Phi) is 5.65. The Hall–Kier alpha value is -2.04. The Balaban J connectivity index is 1.29. The summed E-state index contributed by atoms with van der Waals surface area (Å²) >= 11 is 0. The summed E-state index contributed by atoms with van der Waals surface area (Å²) in [5, 5.41) is 0. The lowest BCUT2D eigenvalue weighted by molar-refractivity contribution is 0.0280. The van der Waals surface area contributed by atoms with Crippen LogP contribution in [0.15, 0.2) is 54.6 Å². The fourth-order valence-corrected chi connectivity index (χ4v) is 4.44. The van der Waals surface area contributed by atoms with Crippen molar-refractivity contribution in [3.63, 3.8) is 0 Å². The standard InChI is InChI=1S/C23H27FN2O/c24-21-9-6-19(7-10-21)23(27)20-8-11-22-17-25(14-15-26(22)16-20)13-12-18-4-2-1-3-5-18/h1-7,9-10,20,22H,8,11-17H2. The fraction of sp³-hybridized carbons (Fsp3) is 0.435. The molecule has 0 amide bonds. The first-order valence-corrected chi connectivity index (χ1v) is 9.99. The van der Waals surface area contributed by atoms with Gasteiger partial charge in [0.2, 0.25) is 0 Å². The molecule has 4 heteroatoms. The van der Waals surface area contributed by atoms with Crippen LogP contribution >= 0.6 is 0 Å². The van der Waals surface area contributed by atoms with Gasteiger partial charge in [0.05, 0.1) is 0 Å². The highest BCUT2D eigenvalue weighted by Crippen LogP contribution is 2.27. The molecular weight excluding hydrogens is 339 g/mol. The molecule has 2 atom stereocenters. The second kappa shape index (κ2) is 8.32. The van der Waals surface area contributed by atoms with Gasteiger partial charge in [-0.25, -0.2) is 4.39 Å². The number of hydrogen-bond acceptors (Lipinski definition) is 3. The van der Waals surface area contributed by atoms with Crippen molar-refractivity contribution in [2.75, 3.05) is 32.7 Å². The number of benzene rings is 2. The number of halogens is 1. The summed E-state index contributed by atoms with van der Waals surface area (Å²) in [5.41, 5.74) is 2.04. The van der Waals surface area contributed by atoms with E-state index in [2.05, 4.69) is 40.1 Å². The van der Waals surface area contributed by atoms with E-state index in [9.17, 15) is 9.18 Å². The second-order valence-corrected chi connectivity index (χ2v) is 7.83. The average molecular weight is 366 g/mol. The van der Waals surface area contributed by atoms with Crippen LogP contribution in [0.25, 0.3) is 0 Å². The molecule has 2 saturated heterocycles. The summed E-state index contributed by atoms with van der Waals surface area (Å²) < 4.78 is 13.1. The normalized spacial score (nSPS) is 23.7. The van der Waals surface area contributed by atoms with E-state index in [0.717, 1.165) is 52.0 Å². The van der Waals surface area contributed by atoms with E-state index >= 15 is 0 Å². The first-order valence-electron chi connectivity index (χ1n) is 9.99. The summed E-state index contributed by atoms with van der Waals surface area (Å²) in [6.45, 7) is 5.15. The lowest BCUT2D eigenvalue weighted by Gasteiger charge is -2.46. The summed E-state index contributed by atoms with van der Waals surface area (Å²) in [4.78, 5) is 17.8. The molecule has 27 heavy (non-hydrogen) atoms. The van der Waals surface area contributed by atoms with Crippen LogP contribution in [0.4, 0.5) is 4.39 Å². The lowest BCUT2D eigenvalue weighted by atomic mass is 9.86. The molecule has 0 radical (unpaired) electrons. The Morgan fingerprint density at radius 3 is 2.52 bits per heavy atom. The number of piperidine rings is 1. The van der Waals surface area contributed by atoms with Crippen LogP contribution in [0.5, 0.6) is 0 Å². The molecule has 2 aromatic carbocycles. The molecule has 2 aliphatic heterocycles. The van der Waals surface area contributed by atoms with Gasteiger partial charge in [-0.15, -0.1) is 0 Å². The van der Waals surface area contributed by atoms with Crippen molar-refractivity contribution < 1.29 is 9.18 Å². The van der Waals surface area contributed by atoms with E-state index in [4.69, 9.17) is 0 Å². The highest BCUT2D eigenvalue weighted by atomic mass is 19.1. The van der Waals surface area contributed by atoms with Crippen molar-refractivity contribution in [2.45, 2.75) is 25.3 Å². The van der Waals surface area contributed by atoms with Crippen LogP contribution in [0.3, 0.4) is 0 Å². The van der Waals surface area contributed by atoms with Crippen molar-refractivity contribution in [1.29, 1.82) is 0 Å². The maximum atomic E-state index is 13.1. The summed E-state index contributed by atoms with van der Waals surface area (Å²) in [5.74, 6) is -0.0792. The average Bonchev–Trinajstić information content (AvgIpc) is 2.72. The highest BCUT2D eigenvalue weighted by molar-refractivity contribution is 5.98. The molecule has 0 saturated carbocycles. The molecule has 2 unspecified atom stereocenters. The number of nitrogens with zero attached hydrogens (tertiary/aromatic N) is 2. The third-order valence-electron chi connectivity index (χ3n) is 6.05. The minimum Gasteiger partial charge on any atom is -0.300 e. The topological polar surface area (TPSA) is 23.6 Å². The zero-order chi connectivity index (χ0) is 18.6. The van der Waals surface area contributed by atoms with Gasteiger partial charge in [0.1, 0.15) is 5.82 Å². The lowest BCUT2D eigenvalue weighted by Crippen LogP contribution is -2.57. The van der Waals surface area contributed by atoms with Crippen molar-refractivity contribution in [3.05, 3.63) is 71.5 Å². The van der Waals surface area contributed by atoms with E-state index in [0.29, 0.717) is 11.6 Å². The Morgan fingerprint density at radius 1 is 0.963 bits per heavy atom. The number of ketones is 1. The van der Waals surface area contributed by atoms with Crippen LogP contribution < -0.4 is 0 Å². The summed E-state index contributed by atoms with van der Waals surface area (Å²) in [6.07, 6.45) is 3.10. The minimum absolute atomic E-state index is 0.0441. The van der Waals surface area contributed by atoms with Crippen molar-refractivity contribution >= 4 is 5.78 Å². The van der Waals surface area contributed by atoms with Gasteiger partial charge in [-0.05, 0) is 49.1 Å². The zero-order valence-electron chi connectivity index (χ0n) is 15.7. The quantitative estimate of drug-likeness (QED) is 0.755. The predicted octanol–water partition coefficient (Wildman–Crippen LogP) is 3.65. The van der Waals surface area contributed by atoms with Crippen molar-refractivity contribution in [3.8, 4) is 0 Å². The van der Waals surface area contributed by atoms with Gasteiger partial charge in [0.15, 0.2) is 5.78 Å². The van der Waals surface area contributed by atoms with Gasteiger partial charge in [0, 0.05) is 50.2 Å². The Bertz CT molecular complexity index is 762. The van der Waals surface area contributed by atoms with E-state index in [-0.39, 0.29) is 17.5 Å². The molecule has 2 aromatic rings. The van der Waals surface area contributed by atoms with E-state index in [1.54, 1.807) is 12.1 Å². The van der Waals surface area contributed by atoms with E-state index < -0.39 is 0 Å². The largest absolute Gasteiger partial charge is 0.300 e. The molecule has 4 rings (SSSR count). The predicted molar refractivity (Wildman–Crippen MR) is 105 cm³/mol. The van der Waals surface area contributed by atoms with Gasteiger partial charge in [0.25, 0.3) is 0 Å². The summed E-state index contributed by atoms with van der Waals surface area (Å²) in [7, 11) is 0. The van der Waals surface area contributed by atoms with Crippen LogP contribution in [0.1, 0.15) is 28.8 Å². The molecule has 0 spiro atoms. The molecular formula is C23H27FN2O. The van der Waals surface area contributed by atoms with Gasteiger partial charge in [-0.3, -0.25) is 9.69 Å². The monoisotopic (exact) mass is 366 g/mol. The first kappa shape index (κ1) is 18.3. The fourth-order valence-electron chi connectivity index (χ4n) is 4.44. The number of carbonyl (C=O) groups is 1. The van der Waals surface area contributed by atoms with Crippen LogP contribution in [0, 0.1) is 11.7 Å². The molecule has 0 N–H and O–H groups in total. The first-order chi connectivity index (χ1) is 13.2. The molecule has 3 nitrogen and oxygen atoms in total. The molecule has 0 aromatic heterocycles. The minimum atomic E-state index is -0.290. The molecule has 142 valence electrons. The number of fused-ring (bicyclic) bond motifs is 1. The second-order valence-electron chi connectivity index (χ2n) is 7.83. The van der Waals surface area contributed by atoms with Crippen LogP contribution in [-0.4, -0.2) is 54.3 Å². The molecule has 2 fully saturated rings. The molecule has 2 aliphatic rings. The van der Waals surface area contributed by atoms with Crippen molar-refractivity contribution in [2.24, 2.45) is 5.92 Å². The number of hydrogen-bond donors (Lipinski definition) is 0. The SMILES string of the molecule is O=C(c1ccc(F)cc1)C1CCC2CN(CCc3ccccc3)CCN2C1. The van der Waals surface area contributed by atoms with E-state index in [1.165, 1.54) is 17.7 Å². The molecule has 2 heterocycles. The molecule has 0 aliphatic carbocycles. The van der Waals surface area contributed by atoms with Gasteiger partial charge in [-0.2, -0.15) is 0 Å². The number of Topliss-reactive ketones (excluding diaryl/α,β-unsaturated/α-hetero) is 1. The maximum absolute atomic E-state index is 13.1. The third-order valence-corrected chi connectivity index (χ3v) is 6.05. The number of rotatable bonds is 5. The zero-order valence-corrected chi connectivity index (χ0v) is 15.7. The number of carbonyl (C=O) groups excluding carboxylic acids is 1. The van der Waals surface area contributed by atoms with E-state index in [1.807, 2.05) is 0 Å². The maximum Gasteiger partial charge on any atom is 0.167 e. The van der Waals surface area contributed by atoms with Gasteiger partial charge in [-0.1, -0.05) is 30.3 Å². The van der Waals surface area contributed by atoms with Crippen molar-refractivity contribution in [1.82, 2.24) is 9.80 Å². The number of piperazine rings is 1. The summed E-state index contributed by atoms with van der Waals surface area (Å²) in [6, 6.07) is 17.2. The highest BCUT2D eigenvalue weighted by Gasteiger charge is 2.35.